The minimum atomic E-state index is -4.72. The Balaban J connectivity index is 1.97. The Morgan fingerprint density at radius 1 is 1.28 bits per heavy atom. The van der Waals surface area contributed by atoms with E-state index in [1.54, 1.807) is 0 Å². The molecule has 1 aliphatic rings. The van der Waals surface area contributed by atoms with Gasteiger partial charge in [0.25, 0.3) is 11.6 Å². The molecule has 0 bridgehead atoms. The fourth-order valence-corrected chi connectivity index (χ4v) is 2.49. The number of likely N-dealkylation sites (tertiary alicyclic amines) is 1. The topological polar surface area (TPSA) is 110 Å². The van der Waals surface area contributed by atoms with Crippen molar-refractivity contribution in [3.63, 3.8) is 0 Å². The van der Waals surface area contributed by atoms with Crippen LogP contribution in [0.15, 0.2) is 24.3 Å². The second-order valence-corrected chi connectivity index (χ2v) is 5.43. The maximum Gasteiger partial charge on any atom is 0.394 e. The summed E-state index contributed by atoms with van der Waals surface area (Å²) in [7, 11) is 0. The smallest absolute Gasteiger partial charge is 0.394 e. The highest BCUT2D eigenvalue weighted by Crippen LogP contribution is 2.37. The van der Waals surface area contributed by atoms with Gasteiger partial charge in [-0.1, -0.05) is 0 Å². The number of hydrogen-bond acceptors (Lipinski definition) is 5. The molecule has 0 spiro atoms. The van der Waals surface area contributed by atoms with Crippen molar-refractivity contribution in [1.29, 1.82) is 0 Å². The Labute approximate surface area is 138 Å². The summed E-state index contributed by atoms with van der Waals surface area (Å²) < 4.78 is 43.7. The van der Waals surface area contributed by atoms with Crippen LogP contribution >= 0.6 is 0 Å². The van der Waals surface area contributed by atoms with E-state index in [0.29, 0.717) is 0 Å². The van der Waals surface area contributed by atoms with E-state index in [4.69, 9.17) is 9.84 Å². The van der Waals surface area contributed by atoms with E-state index < -0.39 is 54.5 Å². The van der Waals surface area contributed by atoms with E-state index in [1.165, 1.54) is 12.1 Å². The first-order chi connectivity index (χ1) is 11.6. The van der Waals surface area contributed by atoms with E-state index in [1.807, 2.05) is 0 Å². The number of carbonyl (C=O) groups excluding carboxylic acids is 1. The van der Waals surface area contributed by atoms with Crippen molar-refractivity contribution >= 4 is 17.6 Å². The summed E-state index contributed by atoms with van der Waals surface area (Å²) in [5, 5.41) is 19.4. The van der Waals surface area contributed by atoms with Crippen LogP contribution in [0.5, 0.6) is 5.75 Å². The summed E-state index contributed by atoms with van der Waals surface area (Å²) in [5.41, 5.74) is -0.185. The van der Waals surface area contributed by atoms with Crippen molar-refractivity contribution in [2.75, 3.05) is 19.7 Å². The van der Waals surface area contributed by atoms with Gasteiger partial charge in [0.1, 0.15) is 5.75 Å². The summed E-state index contributed by atoms with van der Waals surface area (Å²) in [4.78, 5) is 33.6. The fraction of sp³-hybridized carbons (Fsp3) is 0.429. The highest BCUT2D eigenvalue weighted by atomic mass is 19.4. The SMILES string of the molecule is O=C(O)[C@@H]1CN(C(=O)COc2ccc([N+](=O)[O-])cc2)C[C@H]1C(F)(F)F. The Bertz CT molecular complexity index is 676. The molecule has 11 heteroatoms. The van der Waals surface area contributed by atoms with Crippen molar-refractivity contribution in [3.8, 4) is 5.75 Å². The molecule has 1 saturated heterocycles. The van der Waals surface area contributed by atoms with Gasteiger partial charge in [-0.2, -0.15) is 13.2 Å². The number of nitro groups is 1. The molecule has 1 heterocycles. The maximum absolute atomic E-state index is 12.9. The summed E-state index contributed by atoms with van der Waals surface area (Å²) >= 11 is 0. The molecule has 2 rings (SSSR count). The number of alkyl halides is 3. The summed E-state index contributed by atoms with van der Waals surface area (Å²) in [5.74, 6) is -6.14. The predicted octanol–water partition coefficient (Wildman–Crippen LogP) is 1.70. The van der Waals surface area contributed by atoms with Gasteiger partial charge < -0.3 is 14.7 Å². The number of carbonyl (C=O) groups is 2. The Kier molecular flexibility index (Phi) is 5.14. The average molecular weight is 362 g/mol. The van der Waals surface area contributed by atoms with Crippen molar-refractivity contribution in [2.45, 2.75) is 6.18 Å². The second-order valence-electron chi connectivity index (χ2n) is 5.43. The summed E-state index contributed by atoms with van der Waals surface area (Å²) in [6.45, 7) is -1.90. The van der Waals surface area contributed by atoms with Gasteiger partial charge in [0.15, 0.2) is 6.61 Å². The first kappa shape index (κ1) is 18.5. The second kappa shape index (κ2) is 6.95. The minimum Gasteiger partial charge on any atom is -0.484 e. The third-order valence-electron chi connectivity index (χ3n) is 3.82. The number of carboxylic acid groups (broad SMARTS) is 1. The van der Waals surface area contributed by atoms with E-state index >= 15 is 0 Å². The Morgan fingerprint density at radius 3 is 2.32 bits per heavy atom. The normalized spacial score (nSPS) is 20.4. The van der Waals surface area contributed by atoms with Crippen LogP contribution in [0.3, 0.4) is 0 Å². The lowest BCUT2D eigenvalue weighted by Gasteiger charge is -2.18. The van der Waals surface area contributed by atoms with Crippen LogP contribution in [0.1, 0.15) is 0 Å². The number of ether oxygens (including phenoxy) is 1. The average Bonchev–Trinajstić information content (AvgIpc) is 2.99. The number of amides is 1. The number of carboxylic acids is 1. The van der Waals surface area contributed by atoms with Crippen molar-refractivity contribution in [1.82, 2.24) is 4.90 Å². The lowest BCUT2D eigenvalue weighted by molar-refractivity contribution is -0.384. The fourth-order valence-electron chi connectivity index (χ4n) is 2.49. The highest BCUT2D eigenvalue weighted by molar-refractivity contribution is 5.80. The highest BCUT2D eigenvalue weighted by Gasteiger charge is 2.53. The van der Waals surface area contributed by atoms with Crippen molar-refractivity contribution in [2.24, 2.45) is 11.8 Å². The van der Waals surface area contributed by atoms with Crippen molar-refractivity contribution < 1.29 is 37.5 Å². The minimum absolute atomic E-state index is 0.125. The quantitative estimate of drug-likeness (QED) is 0.631. The van der Waals surface area contributed by atoms with Gasteiger partial charge in [0.2, 0.25) is 0 Å². The van der Waals surface area contributed by atoms with Crippen LogP contribution in [0.2, 0.25) is 0 Å². The number of hydrogen-bond donors (Lipinski definition) is 1. The first-order valence-corrected chi connectivity index (χ1v) is 7.04. The number of rotatable bonds is 5. The van der Waals surface area contributed by atoms with Gasteiger partial charge in [-0.05, 0) is 12.1 Å². The molecule has 1 aliphatic heterocycles. The van der Waals surface area contributed by atoms with Gasteiger partial charge in [-0.25, -0.2) is 0 Å². The molecular weight excluding hydrogens is 349 g/mol. The molecule has 1 aromatic carbocycles. The maximum atomic E-state index is 12.9. The largest absolute Gasteiger partial charge is 0.484 e. The molecule has 0 unspecified atom stereocenters. The molecule has 1 fully saturated rings. The van der Waals surface area contributed by atoms with E-state index in [-0.39, 0.29) is 11.4 Å². The molecule has 8 nitrogen and oxygen atoms in total. The zero-order chi connectivity index (χ0) is 18.8. The molecule has 1 N–H and O–H groups in total. The van der Waals surface area contributed by atoms with Crippen LogP contribution in [0, 0.1) is 22.0 Å². The molecule has 0 aromatic heterocycles. The number of nitrogens with zero attached hydrogens (tertiary/aromatic N) is 2. The van der Waals surface area contributed by atoms with Gasteiger partial charge >= 0.3 is 12.1 Å². The van der Waals surface area contributed by atoms with E-state index in [9.17, 15) is 32.9 Å². The molecule has 0 aliphatic carbocycles. The molecule has 1 amide bonds. The van der Waals surface area contributed by atoms with Crippen LogP contribution in [-0.4, -0.2) is 52.7 Å². The van der Waals surface area contributed by atoms with Gasteiger partial charge in [0.05, 0.1) is 16.8 Å². The number of benzene rings is 1. The third kappa shape index (κ3) is 4.37. The van der Waals surface area contributed by atoms with E-state index in [2.05, 4.69) is 0 Å². The number of aliphatic carboxylic acids is 1. The molecule has 2 atom stereocenters. The third-order valence-corrected chi connectivity index (χ3v) is 3.82. The van der Waals surface area contributed by atoms with Crippen LogP contribution in [0.25, 0.3) is 0 Å². The zero-order valence-electron chi connectivity index (χ0n) is 12.6. The van der Waals surface area contributed by atoms with E-state index in [0.717, 1.165) is 17.0 Å². The van der Waals surface area contributed by atoms with Crippen molar-refractivity contribution in [3.05, 3.63) is 34.4 Å². The van der Waals surface area contributed by atoms with Gasteiger partial charge in [0, 0.05) is 25.2 Å². The number of nitro benzene ring substituents is 1. The molecule has 0 radical (unpaired) electrons. The molecule has 136 valence electrons. The Morgan fingerprint density at radius 2 is 1.88 bits per heavy atom. The molecular formula is C14H13F3N2O6. The molecule has 1 aromatic rings. The Hall–Kier alpha value is -2.85. The number of non-ortho nitro benzene ring substituents is 1. The molecule has 0 saturated carbocycles. The zero-order valence-corrected chi connectivity index (χ0v) is 12.6. The summed E-state index contributed by atoms with van der Waals surface area (Å²) in [6, 6.07) is 4.79. The first-order valence-electron chi connectivity index (χ1n) is 7.04. The molecule has 25 heavy (non-hydrogen) atoms. The predicted molar refractivity (Wildman–Crippen MR) is 75.8 cm³/mol. The number of halogens is 3. The van der Waals surface area contributed by atoms with Gasteiger partial charge in [-0.3, -0.25) is 19.7 Å². The summed E-state index contributed by atoms with van der Waals surface area (Å²) in [6.07, 6.45) is -4.72. The van der Waals surface area contributed by atoms with Crippen LogP contribution in [-0.2, 0) is 9.59 Å². The van der Waals surface area contributed by atoms with Crippen LogP contribution < -0.4 is 4.74 Å². The van der Waals surface area contributed by atoms with Gasteiger partial charge in [-0.15, -0.1) is 0 Å². The monoisotopic (exact) mass is 362 g/mol. The lowest BCUT2D eigenvalue weighted by atomic mass is 9.96. The lowest BCUT2D eigenvalue weighted by Crippen LogP contribution is -2.35. The standard InChI is InChI=1S/C14H13F3N2O6/c15-14(16,17)11-6-18(5-10(11)13(21)22)12(20)7-25-9-3-1-8(2-4-9)19(23)24/h1-4,10-11H,5-7H2,(H,21,22)/t10-,11-/m1/s1. The van der Waals surface area contributed by atoms with Crippen LogP contribution in [0.4, 0.5) is 18.9 Å².